The highest BCUT2D eigenvalue weighted by molar-refractivity contribution is 4.95. The molecule has 2 heteroatoms. The van der Waals surface area contributed by atoms with Gasteiger partial charge in [-0.3, -0.25) is 0 Å². The van der Waals surface area contributed by atoms with Crippen molar-refractivity contribution in [1.29, 1.82) is 0 Å². The van der Waals surface area contributed by atoms with Crippen LogP contribution < -0.4 is 10.6 Å². The van der Waals surface area contributed by atoms with E-state index in [1.165, 1.54) is 6.42 Å². The molecule has 0 saturated heterocycles. The molecule has 0 bridgehead atoms. The Balaban J connectivity index is 2.32. The molecule has 0 aromatic carbocycles. The highest BCUT2D eigenvalue weighted by Crippen LogP contribution is 1.95. The molecule has 2 nitrogen and oxygen atoms in total. The van der Waals surface area contributed by atoms with Gasteiger partial charge in [0.2, 0.25) is 0 Å². The maximum absolute atomic E-state index is 3.18. The molecule has 1 aliphatic heterocycles. The van der Waals surface area contributed by atoms with E-state index < -0.39 is 0 Å². The second-order valence-electron chi connectivity index (χ2n) is 2.00. The Morgan fingerprint density at radius 2 is 2.62 bits per heavy atom. The zero-order chi connectivity index (χ0) is 5.82. The van der Waals surface area contributed by atoms with Gasteiger partial charge in [-0.2, -0.15) is 0 Å². The van der Waals surface area contributed by atoms with Crippen molar-refractivity contribution in [3.05, 3.63) is 12.3 Å². The first-order chi connectivity index (χ1) is 3.93. The fraction of sp³-hybridized carbons (Fsp3) is 0.667. The van der Waals surface area contributed by atoms with Crippen molar-refractivity contribution < 1.29 is 0 Å². The van der Waals surface area contributed by atoms with Gasteiger partial charge in [0.25, 0.3) is 0 Å². The van der Waals surface area contributed by atoms with Gasteiger partial charge in [-0.1, -0.05) is 6.08 Å². The van der Waals surface area contributed by atoms with E-state index in [0.29, 0.717) is 6.04 Å². The molecule has 1 unspecified atom stereocenters. The molecule has 0 amide bonds. The molecule has 0 saturated carbocycles. The van der Waals surface area contributed by atoms with Crippen molar-refractivity contribution in [2.75, 3.05) is 13.6 Å². The maximum Gasteiger partial charge on any atom is 0.0280 e. The van der Waals surface area contributed by atoms with Crippen molar-refractivity contribution >= 4 is 0 Å². The van der Waals surface area contributed by atoms with Crippen LogP contribution in [0.4, 0.5) is 0 Å². The number of hydrogen-bond acceptors (Lipinski definition) is 2. The van der Waals surface area contributed by atoms with Crippen molar-refractivity contribution in [1.82, 2.24) is 10.6 Å². The van der Waals surface area contributed by atoms with Gasteiger partial charge in [-0.05, 0) is 19.7 Å². The van der Waals surface area contributed by atoms with Crippen LogP contribution in [0.1, 0.15) is 6.42 Å². The Hall–Kier alpha value is -0.500. The third-order valence-corrected chi connectivity index (χ3v) is 1.42. The van der Waals surface area contributed by atoms with Crippen molar-refractivity contribution in [3.8, 4) is 0 Å². The van der Waals surface area contributed by atoms with Gasteiger partial charge in [0.05, 0.1) is 0 Å². The van der Waals surface area contributed by atoms with Gasteiger partial charge in [0.15, 0.2) is 0 Å². The second kappa shape index (κ2) is 2.72. The van der Waals surface area contributed by atoms with Crippen LogP contribution in [0.5, 0.6) is 0 Å². The van der Waals surface area contributed by atoms with Crippen LogP contribution in [-0.2, 0) is 0 Å². The number of nitrogens with one attached hydrogen (secondary N) is 2. The lowest BCUT2D eigenvalue weighted by Crippen LogP contribution is -2.30. The quantitative estimate of drug-likeness (QED) is 0.502. The van der Waals surface area contributed by atoms with E-state index in [9.17, 15) is 0 Å². The molecule has 46 valence electrons. The fourth-order valence-corrected chi connectivity index (χ4v) is 0.843. The summed E-state index contributed by atoms with van der Waals surface area (Å²) in [5.74, 6) is 0. The molecule has 1 aliphatic rings. The zero-order valence-corrected chi connectivity index (χ0v) is 5.15. The Labute approximate surface area is 50.0 Å². The summed E-state index contributed by atoms with van der Waals surface area (Å²) in [6, 6.07) is 0.594. The van der Waals surface area contributed by atoms with Gasteiger partial charge in [0, 0.05) is 12.6 Å². The molecule has 8 heavy (non-hydrogen) atoms. The van der Waals surface area contributed by atoms with Crippen LogP contribution in [-0.4, -0.2) is 19.6 Å². The molecule has 0 aromatic rings. The lowest BCUT2D eigenvalue weighted by molar-refractivity contribution is 0.572. The average molecular weight is 112 g/mol. The summed E-state index contributed by atoms with van der Waals surface area (Å²) in [5, 5.41) is 6.31. The van der Waals surface area contributed by atoms with Gasteiger partial charge in [0.1, 0.15) is 0 Å². The highest BCUT2D eigenvalue weighted by atomic mass is 14.9. The first-order valence-corrected chi connectivity index (χ1v) is 3.01. The number of rotatable bonds is 1. The molecule has 0 aliphatic carbocycles. The molecule has 0 fully saturated rings. The van der Waals surface area contributed by atoms with Crippen LogP contribution >= 0.6 is 0 Å². The normalized spacial score (nSPS) is 27.4. The van der Waals surface area contributed by atoms with Gasteiger partial charge in [-0.15, -0.1) is 0 Å². The number of hydrogen-bond donors (Lipinski definition) is 2. The van der Waals surface area contributed by atoms with Crippen LogP contribution in [0.25, 0.3) is 0 Å². The van der Waals surface area contributed by atoms with Crippen molar-refractivity contribution in [2.24, 2.45) is 0 Å². The molecular weight excluding hydrogens is 100 g/mol. The largest absolute Gasteiger partial charge is 0.391 e. The zero-order valence-electron chi connectivity index (χ0n) is 5.15. The first-order valence-electron chi connectivity index (χ1n) is 3.01. The van der Waals surface area contributed by atoms with E-state index >= 15 is 0 Å². The first kappa shape index (κ1) is 5.63. The molecular formula is C6H12N2. The molecule has 0 radical (unpaired) electrons. The Kier molecular flexibility index (Phi) is 1.92. The molecule has 1 atom stereocenters. The maximum atomic E-state index is 3.18. The molecule has 0 aromatic heterocycles. The lowest BCUT2D eigenvalue weighted by atomic mass is 10.2. The van der Waals surface area contributed by atoms with E-state index in [0.717, 1.165) is 6.54 Å². The summed E-state index contributed by atoms with van der Waals surface area (Å²) in [6.45, 7) is 1.10. The molecule has 2 N–H and O–H groups in total. The third kappa shape index (κ3) is 1.23. The van der Waals surface area contributed by atoms with Crippen LogP contribution in [0.2, 0.25) is 0 Å². The summed E-state index contributed by atoms with van der Waals surface area (Å²) >= 11 is 0. The van der Waals surface area contributed by atoms with Gasteiger partial charge in [-0.25, -0.2) is 0 Å². The van der Waals surface area contributed by atoms with E-state index in [1.807, 2.05) is 13.2 Å². The van der Waals surface area contributed by atoms with Crippen LogP contribution in [0.15, 0.2) is 12.3 Å². The van der Waals surface area contributed by atoms with E-state index in [4.69, 9.17) is 0 Å². The summed E-state index contributed by atoms with van der Waals surface area (Å²) in [7, 11) is 1.99. The van der Waals surface area contributed by atoms with Crippen LogP contribution in [0, 0.1) is 0 Å². The molecule has 1 heterocycles. The summed E-state index contributed by atoms with van der Waals surface area (Å²) < 4.78 is 0. The highest BCUT2D eigenvalue weighted by Gasteiger charge is 2.02. The van der Waals surface area contributed by atoms with Crippen molar-refractivity contribution in [2.45, 2.75) is 12.5 Å². The minimum Gasteiger partial charge on any atom is -0.391 e. The number of likely N-dealkylation sites (N-methyl/N-ethyl adjacent to an activating group) is 1. The monoisotopic (exact) mass is 112 g/mol. The predicted octanol–water partition coefficient (Wildman–Crippen LogP) is 0.0814. The van der Waals surface area contributed by atoms with Gasteiger partial charge < -0.3 is 10.6 Å². The summed E-state index contributed by atoms with van der Waals surface area (Å²) in [4.78, 5) is 0. The van der Waals surface area contributed by atoms with Crippen LogP contribution in [0.3, 0.4) is 0 Å². The van der Waals surface area contributed by atoms with E-state index in [2.05, 4.69) is 16.7 Å². The molecule has 1 rings (SSSR count). The topological polar surface area (TPSA) is 24.1 Å². The Bertz CT molecular complexity index is 88.5. The standard InChI is InChI=1S/C6H12N2/c1-7-6-2-4-8-5-3-6/h2,4,6-8H,3,5H2,1H3. The second-order valence-corrected chi connectivity index (χ2v) is 2.00. The summed E-state index contributed by atoms with van der Waals surface area (Å²) in [6.07, 6.45) is 5.35. The predicted molar refractivity (Wildman–Crippen MR) is 34.6 cm³/mol. The van der Waals surface area contributed by atoms with Crippen molar-refractivity contribution in [3.63, 3.8) is 0 Å². The Morgan fingerprint density at radius 3 is 3.00 bits per heavy atom. The minimum atomic E-state index is 0.594. The Morgan fingerprint density at radius 1 is 1.75 bits per heavy atom. The van der Waals surface area contributed by atoms with Gasteiger partial charge >= 0.3 is 0 Å². The fourth-order valence-electron chi connectivity index (χ4n) is 0.843. The van der Waals surface area contributed by atoms with E-state index in [1.54, 1.807) is 0 Å². The SMILES string of the molecule is CNC1C=CNCC1. The third-order valence-electron chi connectivity index (χ3n) is 1.42. The summed E-state index contributed by atoms with van der Waals surface area (Å²) in [5.41, 5.74) is 0. The minimum absolute atomic E-state index is 0.594. The molecule has 0 spiro atoms. The lowest BCUT2D eigenvalue weighted by Gasteiger charge is -2.15. The average Bonchev–Trinajstić information content (AvgIpc) is 1.90. The smallest absolute Gasteiger partial charge is 0.0280 e. The van der Waals surface area contributed by atoms with E-state index in [-0.39, 0.29) is 0 Å².